The number of aryl methyl sites for hydroxylation is 1. The van der Waals surface area contributed by atoms with Gasteiger partial charge in [-0.15, -0.1) is 11.3 Å². The normalized spacial score (nSPS) is 15.9. The van der Waals surface area contributed by atoms with E-state index in [0.717, 1.165) is 36.6 Å². The Morgan fingerprint density at radius 1 is 1.50 bits per heavy atom. The van der Waals surface area contributed by atoms with Crippen LogP contribution in [0.25, 0.3) is 0 Å². The van der Waals surface area contributed by atoms with E-state index in [1.165, 1.54) is 24.0 Å². The highest BCUT2D eigenvalue weighted by molar-refractivity contribution is 7.09. The molecule has 0 saturated carbocycles. The van der Waals surface area contributed by atoms with Crippen molar-refractivity contribution in [2.45, 2.75) is 32.2 Å². The van der Waals surface area contributed by atoms with Crippen LogP contribution in [0.5, 0.6) is 0 Å². The Labute approximate surface area is 133 Å². The van der Waals surface area contributed by atoms with Crippen LogP contribution in [0.4, 0.5) is 0 Å². The standard InChI is InChI=1S/C15H20N4O2S/c1-10-12(11-3-5-16-6-4-11)7-19(18-10)8-14-17-13(9-22-14)15(20)21-2/h7,9,11,16H,3-6,8H2,1-2H3. The molecule has 0 radical (unpaired) electrons. The number of hydrogen-bond donors (Lipinski definition) is 1. The number of nitrogens with zero attached hydrogens (tertiary/aromatic N) is 3. The zero-order valence-corrected chi connectivity index (χ0v) is 13.7. The van der Waals surface area contributed by atoms with Crippen LogP contribution in [-0.4, -0.2) is 40.9 Å². The zero-order valence-electron chi connectivity index (χ0n) is 12.8. The summed E-state index contributed by atoms with van der Waals surface area (Å²) in [6, 6.07) is 0. The molecule has 1 aliphatic heterocycles. The summed E-state index contributed by atoms with van der Waals surface area (Å²) in [5.74, 6) is 0.200. The lowest BCUT2D eigenvalue weighted by Gasteiger charge is -2.21. The zero-order chi connectivity index (χ0) is 15.5. The molecule has 7 heteroatoms. The van der Waals surface area contributed by atoms with E-state index in [1.807, 2.05) is 4.68 Å². The highest BCUT2D eigenvalue weighted by Gasteiger charge is 2.20. The van der Waals surface area contributed by atoms with Gasteiger partial charge < -0.3 is 10.1 Å². The Morgan fingerprint density at radius 3 is 3.00 bits per heavy atom. The largest absolute Gasteiger partial charge is 0.464 e. The quantitative estimate of drug-likeness (QED) is 0.872. The molecule has 118 valence electrons. The summed E-state index contributed by atoms with van der Waals surface area (Å²) in [7, 11) is 1.36. The van der Waals surface area contributed by atoms with Crippen LogP contribution in [0.3, 0.4) is 0 Å². The number of carbonyl (C=O) groups excluding carboxylic acids is 1. The molecule has 3 rings (SSSR count). The number of carbonyl (C=O) groups is 1. The predicted octanol–water partition coefficient (Wildman–Crippen LogP) is 1.95. The van der Waals surface area contributed by atoms with E-state index in [-0.39, 0.29) is 0 Å². The topological polar surface area (TPSA) is 69.0 Å². The maximum absolute atomic E-state index is 11.4. The van der Waals surface area contributed by atoms with Crippen LogP contribution in [0.2, 0.25) is 0 Å². The molecule has 1 fully saturated rings. The lowest BCUT2D eigenvalue weighted by molar-refractivity contribution is 0.0594. The summed E-state index contributed by atoms with van der Waals surface area (Å²) >= 11 is 1.46. The summed E-state index contributed by atoms with van der Waals surface area (Å²) in [4.78, 5) is 15.7. The Hall–Kier alpha value is -1.73. The van der Waals surface area contributed by atoms with Crippen molar-refractivity contribution in [2.24, 2.45) is 0 Å². The lowest BCUT2D eigenvalue weighted by atomic mass is 9.91. The first-order valence-corrected chi connectivity index (χ1v) is 8.32. The number of thiazole rings is 1. The minimum atomic E-state index is -0.394. The number of esters is 1. The van der Waals surface area contributed by atoms with Crippen molar-refractivity contribution in [3.63, 3.8) is 0 Å². The number of nitrogens with one attached hydrogen (secondary N) is 1. The van der Waals surface area contributed by atoms with Crippen LogP contribution >= 0.6 is 11.3 Å². The molecule has 3 heterocycles. The fourth-order valence-electron chi connectivity index (χ4n) is 2.87. The van der Waals surface area contributed by atoms with Gasteiger partial charge in [0.15, 0.2) is 5.69 Å². The van der Waals surface area contributed by atoms with Gasteiger partial charge in [0.25, 0.3) is 0 Å². The van der Waals surface area contributed by atoms with E-state index >= 15 is 0 Å². The average Bonchev–Trinajstić information content (AvgIpc) is 3.14. The molecule has 0 amide bonds. The van der Waals surface area contributed by atoms with E-state index in [1.54, 1.807) is 5.38 Å². The highest BCUT2D eigenvalue weighted by atomic mass is 32.1. The van der Waals surface area contributed by atoms with Crippen molar-refractivity contribution < 1.29 is 9.53 Å². The number of methoxy groups -OCH3 is 1. The van der Waals surface area contributed by atoms with Crippen molar-refractivity contribution in [3.05, 3.63) is 33.5 Å². The van der Waals surface area contributed by atoms with Crippen LogP contribution in [0, 0.1) is 6.92 Å². The van der Waals surface area contributed by atoms with E-state index in [9.17, 15) is 4.79 Å². The van der Waals surface area contributed by atoms with Gasteiger partial charge in [-0.1, -0.05) is 0 Å². The van der Waals surface area contributed by atoms with Gasteiger partial charge in [0.2, 0.25) is 0 Å². The fraction of sp³-hybridized carbons (Fsp3) is 0.533. The first kappa shape index (κ1) is 15.2. The van der Waals surface area contributed by atoms with E-state index in [4.69, 9.17) is 0 Å². The molecule has 0 atom stereocenters. The molecule has 0 aromatic carbocycles. The molecular formula is C15H20N4O2S. The molecular weight excluding hydrogens is 300 g/mol. The van der Waals surface area contributed by atoms with Gasteiger partial charge in [0.1, 0.15) is 5.01 Å². The van der Waals surface area contributed by atoms with Gasteiger partial charge in [0, 0.05) is 11.6 Å². The molecule has 2 aromatic heterocycles. The average molecular weight is 320 g/mol. The third-order valence-electron chi connectivity index (χ3n) is 4.01. The van der Waals surface area contributed by atoms with Crippen LogP contribution in [-0.2, 0) is 11.3 Å². The third-order valence-corrected chi connectivity index (χ3v) is 4.84. The molecule has 0 bridgehead atoms. The van der Waals surface area contributed by atoms with E-state index in [2.05, 4.69) is 33.3 Å². The molecule has 1 saturated heterocycles. The van der Waals surface area contributed by atoms with Crippen LogP contribution in [0.1, 0.15) is 45.5 Å². The van der Waals surface area contributed by atoms with Crippen molar-refractivity contribution in [1.82, 2.24) is 20.1 Å². The Bertz CT molecular complexity index is 658. The van der Waals surface area contributed by atoms with Gasteiger partial charge in [-0.2, -0.15) is 5.10 Å². The van der Waals surface area contributed by atoms with Gasteiger partial charge in [-0.05, 0) is 44.3 Å². The highest BCUT2D eigenvalue weighted by Crippen LogP contribution is 2.27. The number of ether oxygens (including phenoxy) is 1. The fourth-order valence-corrected chi connectivity index (χ4v) is 3.62. The van der Waals surface area contributed by atoms with Gasteiger partial charge >= 0.3 is 5.97 Å². The molecule has 2 aromatic rings. The summed E-state index contributed by atoms with van der Waals surface area (Å²) in [5.41, 5.74) is 2.80. The minimum Gasteiger partial charge on any atom is -0.464 e. The minimum absolute atomic E-state index is 0.366. The Kier molecular flexibility index (Phi) is 4.54. The van der Waals surface area contributed by atoms with E-state index < -0.39 is 5.97 Å². The second kappa shape index (κ2) is 6.58. The summed E-state index contributed by atoms with van der Waals surface area (Å²) in [6.07, 6.45) is 4.46. The summed E-state index contributed by atoms with van der Waals surface area (Å²) < 4.78 is 6.60. The molecule has 6 nitrogen and oxygen atoms in total. The van der Waals surface area contributed by atoms with Crippen molar-refractivity contribution >= 4 is 17.3 Å². The first-order chi connectivity index (χ1) is 10.7. The van der Waals surface area contributed by atoms with Crippen LogP contribution < -0.4 is 5.32 Å². The number of piperidine rings is 1. The Morgan fingerprint density at radius 2 is 2.27 bits per heavy atom. The van der Waals surface area contributed by atoms with Gasteiger partial charge in [-0.3, -0.25) is 4.68 Å². The monoisotopic (exact) mass is 320 g/mol. The van der Waals surface area contributed by atoms with Crippen molar-refractivity contribution in [3.8, 4) is 0 Å². The van der Waals surface area contributed by atoms with Crippen molar-refractivity contribution in [2.75, 3.05) is 20.2 Å². The molecule has 1 N–H and O–H groups in total. The lowest BCUT2D eigenvalue weighted by Crippen LogP contribution is -2.26. The molecule has 0 aliphatic carbocycles. The summed E-state index contributed by atoms with van der Waals surface area (Å²) in [6.45, 7) is 4.80. The molecule has 22 heavy (non-hydrogen) atoms. The third kappa shape index (κ3) is 3.20. The number of aromatic nitrogens is 3. The van der Waals surface area contributed by atoms with Gasteiger partial charge in [-0.25, -0.2) is 9.78 Å². The maximum Gasteiger partial charge on any atom is 0.357 e. The van der Waals surface area contributed by atoms with Crippen LogP contribution in [0.15, 0.2) is 11.6 Å². The smallest absolute Gasteiger partial charge is 0.357 e. The maximum atomic E-state index is 11.4. The second-order valence-electron chi connectivity index (χ2n) is 5.51. The van der Waals surface area contributed by atoms with Gasteiger partial charge in [0.05, 0.1) is 19.3 Å². The Balaban J connectivity index is 1.73. The molecule has 0 spiro atoms. The summed E-state index contributed by atoms with van der Waals surface area (Å²) in [5, 5.41) is 10.6. The molecule has 0 unspecified atom stereocenters. The number of rotatable bonds is 4. The number of hydrogen-bond acceptors (Lipinski definition) is 6. The predicted molar refractivity (Wildman–Crippen MR) is 84.4 cm³/mol. The first-order valence-electron chi connectivity index (χ1n) is 7.44. The van der Waals surface area contributed by atoms with Crippen molar-refractivity contribution in [1.29, 1.82) is 0 Å². The van der Waals surface area contributed by atoms with E-state index in [0.29, 0.717) is 18.2 Å². The second-order valence-corrected chi connectivity index (χ2v) is 6.45. The SMILES string of the molecule is COC(=O)c1csc(Cn2cc(C3CCNCC3)c(C)n2)n1. The molecule has 1 aliphatic rings.